The van der Waals surface area contributed by atoms with E-state index in [4.69, 9.17) is 4.65 Å². The van der Waals surface area contributed by atoms with E-state index in [-0.39, 0.29) is 41.5 Å². The number of imide groups is 1. The Balaban J connectivity index is 1.29. The number of amides is 2. The third-order valence-corrected chi connectivity index (χ3v) is 9.61. The first-order valence-corrected chi connectivity index (χ1v) is 15.3. The van der Waals surface area contributed by atoms with Gasteiger partial charge in [0.05, 0.1) is 23.6 Å². The maximum absolute atomic E-state index is 13.9. The molecule has 2 amide bonds. The van der Waals surface area contributed by atoms with Crippen LogP contribution in [0, 0.1) is 17.8 Å². The van der Waals surface area contributed by atoms with Crippen molar-refractivity contribution in [1.82, 2.24) is 9.88 Å². The molecule has 0 spiro atoms. The Kier molecular flexibility index (Phi) is 8.13. The fraction of sp³-hybridized carbons (Fsp3) is 0.485. The number of hydrogen-bond donors (Lipinski definition) is 2. The molecule has 0 bridgehead atoms. The van der Waals surface area contributed by atoms with Gasteiger partial charge in [0, 0.05) is 12.2 Å². The van der Waals surface area contributed by atoms with Gasteiger partial charge in [-0.05, 0) is 97.8 Å². The lowest BCUT2D eigenvalue weighted by Crippen LogP contribution is -2.46. The third kappa shape index (κ3) is 5.52. The number of fused-ring (bicyclic) bond motifs is 3. The molecule has 1 aromatic carbocycles. The van der Waals surface area contributed by atoms with Crippen molar-refractivity contribution in [1.29, 1.82) is 0 Å². The summed E-state index contributed by atoms with van der Waals surface area (Å²) in [4.78, 5) is 33.8. The van der Waals surface area contributed by atoms with Crippen LogP contribution in [0.2, 0.25) is 6.32 Å². The maximum atomic E-state index is 13.9. The van der Waals surface area contributed by atoms with Gasteiger partial charge in [0.25, 0.3) is 0 Å². The van der Waals surface area contributed by atoms with Crippen LogP contribution in [0.25, 0.3) is 11.6 Å². The molecule has 1 aromatic heterocycles. The number of carbonyl (C=O) groups is 2. The van der Waals surface area contributed by atoms with Crippen molar-refractivity contribution < 1.29 is 24.4 Å². The molecule has 214 valence electrons. The third-order valence-electron chi connectivity index (χ3n) is 9.61. The zero-order valence-electron chi connectivity index (χ0n) is 23.7. The molecule has 6 rings (SSSR count). The molecule has 0 unspecified atom stereocenters. The number of nitrogens with zero attached hydrogens (tertiary/aromatic N) is 2. The Hall–Kier alpha value is -3.23. The quantitative estimate of drug-likeness (QED) is 0.261. The van der Waals surface area contributed by atoms with Crippen molar-refractivity contribution in [3.8, 4) is 5.75 Å². The van der Waals surface area contributed by atoms with Crippen LogP contribution in [-0.2, 0) is 14.2 Å². The van der Waals surface area contributed by atoms with Gasteiger partial charge in [-0.2, -0.15) is 0 Å². The number of phenolic OH excluding ortho intramolecular Hbond substituents is 1. The lowest BCUT2D eigenvalue weighted by Gasteiger charge is -2.43. The van der Waals surface area contributed by atoms with Gasteiger partial charge in [-0.15, -0.1) is 0 Å². The van der Waals surface area contributed by atoms with Crippen LogP contribution >= 0.6 is 0 Å². The van der Waals surface area contributed by atoms with Crippen LogP contribution in [0.3, 0.4) is 0 Å². The minimum absolute atomic E-state index is 0.00343. The van der Waals surface area contributed by atoms with Crippen LogP contribution in [0.1, 0.15) is 76.0 Å². The van der Waals surface area contributed by atoms with Gasteiger partial charge in [0.15, 0.2) is 0 Å². The average Bonchev–Trinajstić information content (AvgIpc) is 3.25. The number of aromatic hydroxyl groups is 1. The van der Waals surface area contributed by atoms with Crippen LogP contribution in [0.15, 0.2) is 59.8 Å². The smallest absolute Gasteiger partial charge is 0.455 e. The first-order valence-electron chi connectivity index (χ1n) is 15.3. The van der Waals surface area contributed by atoms with Crippen molar-refractivity contribution in [3.05, 3.63) is 71.1 Å². The van der Waals surface area contributed by atoms with Crippen molar-refractivity contribution in [2.75, 3.05) is 0 Å². The van der Waals surface area contributed by atoms with Crippen LogP contribution in [0.5, 0.6) is 5.75 Å². The highest BCUT2D eigenvalue weighted by Crippen LogP contribution is 2.52. The Morgan fingerprint density at radius 1 is 1.07 bits per heavy atom. The molecule has 0 radical (unpaired) electrons. The van der Waals surface area contributed by atoms with E-state index >= 15 is 0 Å². The van der Waals surface area contributed by atoms with E-state index in [0.717, 1.165) is 54.5 Å². The van der Waals surface area contributed by atoms with Gasteiger partial charge in [0.2, 0.25) is 11.8 Å². The topological polar surface area (TPSA) is 100.0 Å². The molecule has 4 atom stereocenters. The van der Waals surface area contributed by atoms with Crippen molar-refractivity contribution >= 4 is 30.6 Å². The van der Waals surface area contributed by atoms with Gasteiger partial charge in [-0.25, -0.2) is 0 Å². The maximum Gasteiger partial charge on any atom is 0.455 e. The molecule has 3 heterocycles. The Morgan fingerprint density at radius 3 is 2.56 bits per heavy atom. The second kappa shape index (κ2) is 11.9. The lowest BCUT2D eigenvalue weighted by molar-refractivity contribution is -0.143. The lowest BCUT2D eigenvalue weighted by atomic mass is 9.58. The van der Waals surface area contributed by atoms with Crippen LogP contribution in [0.4, 0.5) is 0 Å². The number of hydrogen-bond acceptors (Lipinski definition) is 6. The molecular weight excluding hydrogens is 515 g/mol. The zero-order valence-corrected chi connectivity index (χ0v) is 23.7. The van der Waals surface area contributed by atoms with E-state index < -0.39 is 13.0 Å². The fourth-order valence-corrected chi connectivity index (χ4v) is 7.71. The SMILES string of the molecule is CCC1=C2[C@@H](CC/C(=C/c3ccc(O)cc3)c3ccccn3)OB(O)C[C@@H]2[C@@H]2C(=O)N(C3CCCCC3)C(=O)[C@@H]2C1. The molecule has 2 aromatic rings. The standard InChI is InChI=1S/C33H39BN2O5/c1-2-22-19-26-31(33(39)36(32(26)38)24-8-4-3-5-9-24)27-20-34(40)41-29(30(22)27)16-13-23(28-10-6-7-17-35-28)18-21-11-14-25(37)15-12-21/h6-7,10-12,14-15,17-18,24,26-27,29,31,37,40H,2-5,8-9,13,16,19-20H2,1H3/b23-18-/t26-,27+,29-,31-/m1/s1. The van der Waals surface area contributed by atoms with Gasteiger partial charge in [-0.3, -0.25) is 19.5 Å². The van der Waals surface area contributed by atoms with Gasteiger partial charge < -0.3 is 14.8 Å². The van der Waals surface area contributed by atoms with Crippen molar-refractivity contribution in [2.45, 2.75) is 83.2 Å². The molecular formula is C33H39BN2O5. The summed E-state index contributed by atoms with van der Waals surface area (Å²) in [5.74, 6) is -0.714. The van der Waals surface area contributed by atoms with E-state index in [2.05, 4.69) is 18.0 Å². The number of benzene rings is 1. The normalized spacial score (nSPS) is 27.3. The van der Waals surface area contributed by atoms with E-state index in [1.807, 2.05) is 30.3 Å². The monoisotopic (exact) mass is 554 g/mol. The Bertz CT molecular complexity index is 1340. The predicted molar refractivity (Wildman–Crippen MR) is 158 cm³/mol. The number of carbonyl (C=O) groups excluding carboxylic acids is 2. The number of aromatic nitrogens is 1. The van der Waals surface area contributed by atoms with Gasteiger partial charge in [-0.1, -0.05) is 50.0 Å². The first kappa shape index (κ1) is 27.9. The Labute approximate surface area is 242 Å². The molecule has 7 nitrogen and oxygen atoms in total. The molecule has 2 aliphatic heterocycles. The zero-order chi connectivity index (χ0) is 28.5. The highest BCUT2D eigenvalue weighted by molar-refractivity contribution is 6.43. The number of rotatable bonds is 7. The van der Waals surface area contributed by atoms with E-state index in [1.54, 1.807) is 23.2 Å². The molecule has 41 heavy (non-hydrogen) atoms. The van der Waals surface area contributed by atoms with Gasteiger partial charge >= 0.3 is 7.12 Å². The van der Waals surface area contributed by atoms with Crippen molar-refractivity contribution in [2.24, 2.45) is 17.8 Å². The summed E-state index contributed by atoms with van der Waals surface area (Å²) in [7, 11) is -0.975. The molecule has 3 fully saturated rings. The minimum atomic E-state index is -0.975. The van der Waals surface area contributed by atoms with Gasteiger partial charge in [0.1, 0.15) is 5.75 Å². The molecule has 2 N–H and O–H groups in total. The largest absolute Gasteiger partial charge is 0.508 e. The summed E-state index contributed by atoms with van der Waals surface area (Å²) >= 11 is 0. The number of likely N-dealkylation sites (tertiary alicyclic amines) is 1. The summed E-state index contributed by atoms with van der Waals surface area (Å²) in [5, 5.41) is 20.6. The fourth-order valence-electron chi connectivity index (χ4n) is 7.71. The Morgan fingerprint density at radius 2 is 1.85 bits per heavy atom. The van der Waals surface area contributed by atoms with Crippen LogP contribution < -0.4 is 0 Å². The molecule has 2 saturated heterocycles. The average molecular weight is 554 g/mol. The predicted octanol–water partition coefficient (Wildman–Crippen LogP) is 5.65. The summed E-state index contributed by atoms with van der Waals surface area (Å²) in [5.41, 5.74) is 5.19. The minimum Gasteiger partial charge on any atom is -0.508 e. The summed E-state index contributed by atoms with van der Waals surface area (Å²) < 4.78 is 6.20. The molecule has 8 heteroatoms. The number of phenols is 1. The number of pyridine rings is 1. The summed E-state index contributed by atoms with van der Waals surface area (Å²) in [6, 6.07) is 12.9. The second-order valence-electron chi connectivity index (χ2n) is 12.0. The summed E-state index contributed by atoms with van der Waals surface area (Å²) in [6.07, 6.45) is 11.6. The molecule has 4 aliphatic rings. The van der Waals surface area contributed by atoms with Crippen molar-refractivity contribution in [3.63, 3.8) is 0 Å². The summed E-state index contributed by atoms with van der Waals surface area (Å²) in [6.45, 7) is 2.12. The first-order chi connectivity index (χ1) is 19.9. The number of allylic oxidation sites excluding steroid dienone is 2. The van der Waals surface area contributed by atoms with E-state index in [9.17, 15) is 19.7 Å². The highest BCUT2D eigenvalue weighted by atomic mass is 16.5. The van der Waals surface area contributed by atoms with E-state index in [1.165, 1.54) is 12.0 Å². The molecule has 2 aliphatic carbocycles. The van der Waals surface area contributed by atoms with Crippen LogP contribution in [-0.4, -0.2) is 51.1 Å². The second-order valence-corrected chi connectivity index (χ2v) is 12.0. The molecule has 1 saturated carbocycles. The highest BCUT2D eigenvalue weighted by Gasteiger charge is 2.58. The van der Waals surface area contributed by atoms with E-state index in [0.29, 0.717) is 25.6 Å².